The zero-order chi connectivity index (χ0) is 30.0. The fraction of sp³-hybridized carbons (Fsp3) is 0.267. The van der Waals surface area contributed by atoms with Gasteiger partial charge in [0.1, 0.15) is 23.7 Å². The first-order valence-corrected chi connectivity index (χ1v) is 13.1. The number of carbonyl (C=O) groups excluding carboxylic acids is 3. The van der Waals surface area contributed by atoms with Gasteiger partial charge in [0.15, 0.2) is 0 Å². The summed E-state index contributed by atoms with van der Waals surface area (Å²) in [7, 11) is 0. The normalized spacial score (nSPS) is 18.4. The van der Waals surface area contributed by atoms with Gasteiger partial charge in [-0.2, -0.15) is 10.5 Å². The average Bonchev–Trinajstić information content (AvgIpc) is 3.35. The van der Waals surface area contributed by atoms with E-state index >= 15 is 0 Å². The Bertz CT molecular complexity index is 1630. The van der Waals surface area contributed by atoms with Crippen molar-refractivity contribution in [2.45, 2.75) is 49.7 Å². The molecule has 2 aliphatic rings. The number of halogens is 3. The molecule has 1 unspecified atom stereocenters. The molecular weight excluding hydrogens is 549 g/mol. The van der Waals surface area contributed by atoms with Gasteiger partial charge in [0.05, 0.1) is 23.3 Å². The van der Waals surface area contributed by atoms with E-state index in [9.17, 15) is 38.1 Å². The van der Waals surface area contributed by atoms with Crippen LogP contribution in [0.3, 0.4) is 0 Å². The van der Waals surface area contributed by atoms with E-state index in [-0.39, 0.29) is 41.0 Å². The fourth-order valence-corrected chi connectivity index (χ4v) is 5.26. The van der Waals surface area contributed by atoms with E-state index in [0.717, 1.165) is 21.9 Å². The summed E-state index contributed by atoms with van der Waals surface area (Å²) in [6, 6.07) is 14.2. The lowest BCUT2D eigenvalue weighted by molar-refractivity contribution is -0.133. The number of nitrogens with zero attached hydrogens (tertiary/aromatic N) is 5. The van der Waals surface area contributed by atoms with Gasteiger partial charge in [0, 0.05) is 37.2 Å². The zero-order valence-electron chi connectivity index (χ0n) is 22.0. The molecule has 1 aromatic heterocycles. The Morgan fingerprint density at radius 3 is 2.43 bits per heavy atom. The Labute approximate surface area is 238 Å². The van der Waals surface area contributed by atoms with Crippen molar-refractivity contribution in [3.05, 3.63) is 89.4 Å². The zero-order valence-corrected chi connectivity index (χ0v) is 22.0. The van der Waals surface area contributed by atoms with Crippen LogP contribution in [0.15, 0.2) is 66.9 Å². The number of carbonyl (C=O) groups is 3. The molecule has 2 heterocycles. The maximum atomic E-state index is 14.8. The lowest BCUT2D eigenvalue weighted by Crippen LogP contribution is -2.56. The fourth-order valence-electron chi connectivity index (χ4n) is 5.26. The first-order chi connectivity index (χ1) is 20.1. The predicted molar refractivity (Wildman–Crippen MR) is 143 cm³/mol. The Morgan fingerprint density at radius 2 is 1.76 bits per heavy atom. The van der Waals surface area contributed by atoms with E-state index < -0.39 is 60.4 Å². The van der Waals surface area contributed by atoms with Gasteiger partial charge in [-0.25, -0.2) is 18.2 Å². The summed E-state index contributed by atoms with van der Waals surface area (Å²) < 4.78 is 41.9. The summed E-state index contributed by atoms with van der Waals surface area (Å²) in [6.45, 7) is 0. The van der Waals surface area contributed by atoms with Crippen molar-refractivity contribution in [1.29, 1.82) is 10.5 Å². The predicted octanol–water partition coefficient (Wildman–Crippen LogP) is 4.15. The highest BCUT2D eigenvalue weighted by atomic mass is 19.3. The molecule has 1 saturated heterocycles. The minimum Gasteiger partial charge on any atom is -0.351 e. The van der Waals surface area contributed by atoms with Crippen molar-refractivity contribution in [2.75, 3.05) is 9.80 Å². The minimum atomic E-state index is -2.92. The number of nitriles is 2. The summed E-state index contributed by atoms with van der Waals surface area (Å²) in [4.78, 5) is 47.6. The first kappa shape index (κ1) is 28.3. The number of hydrogen-bond acceptors (Lipinski definition) is 6. The summed E-state index contributed by atoms with van der Waals surface area (Å²) >= 11 is 0. The molecule has 0 bridgehead atoms. The lowest BCUT2D eigenvalue weighted by Gasteiger charge is -2.39. The molecule has 42 heavy (non-hydrogen) atoms. The number of nitrogens with one attached hydrogen (secondary N) is 1. The molecule has 1 N–H and O–H groups in total. The van der Waals surface area contributed by atoms with Gasteiger partial charge in [0.2, 0.25) is 11.8 Å². The number of hydrogen-bond donors (Lipinski definition) is 1. The van der Waals surface area contributed by atoms with Gasteiger partial charge in [0.25, 0.3) is 11.8 Å². The third-order valence-electron chi connectivity index (χ3n) is 7.20. The van der Waals surface area contributed by atoms with Crippen LogP contribution in [0, 0.1) is 28.5 Å². The van der Waals surface area contributed by atoms with Crippen molar-refractivity contribution >= 4 is 29.2 Å². The number of anilines is 2. The van der Waals surface area contributed by atoms with Gasteiger partial charge in [-0.05, 0) is 42.3 Å². The molecule has 5 rings (SSSR count). The molecule has 3 amide bonds. The van der Waals surface area contributed by atoms with Crippen LogP contribution in [0.2, 0.25) is 0 Å². The van der Waals surface area contributed by atoms with Crippen LogP contribution >= 0.6 is 0 Å². The lowest BCUT2D eigenvalue weighted by atomic mass is 9.87. The topological polar surface area (TPSA) is 130 Å². The molecular formula is C30H23F3N6O3. The van der Waals surface area contributed by atoms with Crippen LogP contribution in [0.1, 0.15) is 48.4 Å². The molecule has 0 spiro atoms. The van der Waals surface area contributed by atoms with E-state index in [4.69, 9.17) is 0 Å². The quantitative estimate of drug-likeness (QED) is 0.453. The van der Waals surface area contributed by atoms with Crippen LogP contribution < -0.4 is 15.1 Å². The highest BCUT2D eigenvalue weighted by molar-refractivity contribution is 6.10. The summed E-state index contributed by atoms with van der Waals surface area (Å²) in [5.74, 6) is -5.76. The van der Waals surface area contributed by atoms with Crippen molar-refractivity contribution in [2.24, 2.45) is 0 Å². The van der Waals surface area contributed by atoms with E-state index in [1.165, 1.54) is 24.4 Å². The number of rotatable bonds is 7. The second-order valence-corrected chi connectivity index (χ2v) is 10.1. The second-order valence-electron chi connectivity index (χ2n) is 10.1. The van der Waals surface area contributed by atoms with Crippen molar-refractivity contribution in [1.82, 2.24) is 10.3 Å². The minimum absolute atomic E-state index is 0.0189. The summed E-state index contributed by atoms with van der Waals surface area (Å²) in [6.07, 6.45) is 0.149. The van der Waals surface area contributed by atoms with E-state index in [0.29, 0.717) is 0 Å². The Kier molecular flexibility index (Phi) is 7.64. The molecule has 1 aliphatic heterocycles. The van der Waals surface area contributed by atoms with Crippen LogP contribution in [0.5, 0.6) is 0 Å². The van der Waals surface area contributed by atoms with Crippen LogP contribution in [0.25, 0.3) is 0 Å². The average molecular weight is 573 g/mol. The Balaban J connectivity index is 1.62. The molecule has 2 atom stereocenters. The smallest absolute Gasteiger partial charge is 0.252 e. The highest BCUT2D eigenvalue weighted by Gasteiger charge is 2.48. The highest BCUT2D eigenvalue weighted by Crippen LogP contribution is 2.39. The van der Waals surface area contributed by atoms with E-state index in [1.54, 1.807) is 30.3 Å². The molecule has 9 nitrogen and oxygen atoms in total. The van der Waals surface area contributed by atoms with Crippen molar-refractivity contribution < 1.29 is 27.6 Å². The molecule has 3 aromatic rings. The monoisotopic (exact) mass is 572 g/mol. The molecule has 2 aromatic carbocycles. The largest absolute Gasteiger partial charge is 0.351 e. The van der Waals surface area contributed by atoms with E-state index in [1.807, 2.05) is 12.1 Å². The second kappa shape index (κ2) is 11.3. The molecule has 0 radical (unpaired) electrons. The number of pyridine rings is 1. The summed E-state index contributed by atoms with van der Waals surface area (Å²) in [5, 5.41) is 21.4. The third kappa shape index (κ3) is 5.65. The van der Waals surface area contributed by atoms with Gasteiger partial charge < -0.3 is 5.32 Å². The molecule has 1 aliphatic carbocycles. The van der Waals surface area contributed by atoms with Crippen LogP contribution in [-0.2, 0) is 14.4 Å². The van der Waals surface area contributed by atoms with Crippen LogP contribution in [0.4, 0.5) is 24.7 Å². The number of amides is 3. The maximum Gasteiger partial charge on any atom is 0.252 e. The maximum absolute atomic E-state index is 14.8. The number of aromatic nitrogens is 1. The SMILES string of the molecule is N#Cc1cc(F)cc(N(C(=O)[C@@H]2CCC(=O)N2c2cc(C#N)ccn2)C(C(=O)NC2CC(F)(F)C2)c2ccccc2)c1. The van der Waals surface area contributed by atoms with Gasteiger partial charge in [-0.15, -0.1) is 0 Å². The summed E-state index contributed by atoms with van der Waals surface area (Å²) in [5.41, 5.74) is 0.219. The standard InChI is InChI=1S/C30H23F3N6O3/c31-21-10-19(17-35)11-23(13-21)38(27(20-4-2-1-3-5-20)28(41)37-22-14-30(32,33)15-22)29(42)24-6-7-26(40)39(24)25-12-18(16-34)8-9-36-25/h1-5,8-13,22,24,27H,6-7,14-15H2,(H,37,41)/t24-,27?/m0/s1. The van der Waals surface area contributed by atoms with Crippen molar-refractivity contribution in [3.8, 4) is 12.1 Å². The van der Waals surface area contributed by atoms with E-state index in [2.05, 4.69) is 10.3 Å². The number of benzene rings is 2. The van der Waals surface area contributed by atoms with Gasteiger partial charge in [-0.1, -0.05) is 30.3 Å². The Morgan fingerprint density at radius 1 is 1.05 bits per heavy atom. The van der Waals surface area contributed by atoms with Gasteiger partial charge in [-0.3, -0.25) is 24.2 Å². The van der Waals surface area contributed by atoms with Crippen molar-refractivity contribution in [3.63, 3.8) is 0 Å². The number of alkyl halides is 2. The third-order valence-corrected chi connectivity index (χ3v) is 7.20. The first-order valence-electron chi connectivity index (χ1n) is 13.1. The Hall–Kier alpha value is -5.23. The van der Waals surface area contributed by atoms with Crippen LogP contribution in [-0.4, -0.2) is 40.7 Å². The molecule has 212 valence electrons. The molecule has 1 saturated carbocycles. The molecule has 2 fully saturated rings. The van der Waals surface area contributed by atoms with Gasteiger partial charge >= 0.3 is 0 Å². The molecule has 12 heteroatoms.